The molecule has 148 valence electrons. The second-order valence-corrected chi connectivity index (χ2v) is 6.14. The van der Waals surface area contributed by atoms with Crippen LogP contribution in [-0.4, -0.2) is 34.6 Å². The summed E-state index contributed by atoms with van der Waals surface area (Å²) in [4.78, 5) is 7.55. The topological polar surface area (TPSA) is 81.6 Å². The third kappa shape index (κ3) is 3.14. The number of hydrogen-bond acceptors (Lipinski definition) is 5. The number of nitrogens with zero attached hydrogens (tertiary/aromatic N) is 6. The summed E-state index contributed by atoms with van der Waals surface area (Å²) in [5.41, 5.74) is -4.00. The van der Waals surface area contributed by atoms with E-state index in [-0.39, 0.29) is 0 Å². The van der Waals surface area contributed by atoms with Crippen LogP contribution in [0.1, 0.15) is 17.3 Å². The van der Waals surface area contributed by atoms with Gasteiger partial charge in [0.15, 0.2) is 11.8 Å². The van der Waals surface area contributed by atoms with Crippen molar-refractivity contribution in [1.82, 2.24) is 29.5 Å². The minimum Gasteiger partial charge on any atom is -0.376 e. The zero-order chi connectivity index (χ0) is 20.6. The van der Waals surface area contributed by atoms with E-state index in [9.17, 15) is 22.7 Å². The van der Waals surface area contributed by atoms with E-state index in [0.717, 1.165) is 58.9 Å². The lowest BCUT2D eigenvalue weighted by molar-refractivity contribution is -0.00825. The normalized spacial score (nSPS) is 11.9. The van der Waals surface area contributed by atoms with Crippen LogP contribution >= 0.6 is 0 Å². The Morgan fingerprint density at radius 3 is 1.59 bits per heavy atom. The Balaban J connectivity index is 2.10. The van der Waals surface area contributed by atoms with Crippen molar-refractivity contribution >= 4 is 0 Å². The zero-order valence-corrected chi connectivity index (χ0v) is 14.5. The van der Waals surface area contributed by atoms with E-state index in [4.69, 9.17) is 0 Å². The fourth-order valence-corrected chi connectivity index (χ4v) is 3.19. The molecule has 29 heavy (non-hydrogen) atoms. The van der Waals surface area contributed by atoms with Crippen LogP contribution in [-0.2, 0) is 5.60 Å². The Kier molecular flexibility index (Phi) is 4.59. The predicted octanol–water partition coefficient (Wildman–Crippen LogP) is 2.41. The van der Waals surface area contributed by atoms with Gasteiger partial charge in [-0.25, -0.2) is 36.9 Å². The van der Waals surface area contributed by atoms with Crippen LogP contribution in [0.25, 0.3) is 0 Å². The van der Waals surface area contributed by atoms with Crippen LogP contribution < -0.4 is 0 Å². The fraction of sp³-hybridized carbons (Fsp3) is 0.111. The summed E-state index contributed by atoms with van der Waals surface area (Å²) in [6.45, 7) is 0. The SMILES string of the molecule is OC(c1cc(F)ccc1F)(c1cc(F)ccc1F)C(n1cncn1)n1cncn1. The lowest BCUT2D eigenvalue weighted by Crippen LogP contribution is -2.44. The van der Waals surface area contributed by atoms with Crippen LogP contribution in [0.15, 0.2) is 61.7 Å². The van der Waals surface area contributed by atoms with E-state index >= 15 is 0 Å². The van der Waals surface area contributed by atoms with E-state index in [1.807, 2.05) is 0 Å². The van der Waals surface area contributed by atoms with Gasteiger partial charge in [-0.05, 0) is 36.4 Å². The van der Waals surface area contributed by atoms with Gasteiger partial charge in [-0.15, -0.1) is 0 Å². The number of halogens is 4. The van der Waals surface area contributed by atoms with Crippen LogP contribution in [0.4, 0.5) is 17.6 Å². The van der Waals surface area contributed by atoms with Crippen molar-refractivity contribution in [1.29, 1.82) is 0 Å². The van der Waals surface area contributed by atoms with Crippen molar-refractivity contribution < 1.29 is 22.7 Å². The molecule has 1 N–H and O–H groups in total. The lowest BCUT2D eigenvalue weighted by atomic mass is 9.82. The highest BCUT2D eigenvalue weighted by Crippen LogP contribution is 2.42. The van der Waals surface area contributed by atoms with Crippen molar-refractivity contribution in [2.45, 2.75) is 11.8 Å². The molecule has 0 saturated heterocycles. The van der Waals surface area contributed by atoms with Crippen molar-refractivity contribution in [2.24, 2.45) is 0 Å². The second kappa shape index (κ2) is 7.09. The third-order valence-corrected chi connectivity index (χ3v) is 4.43. The summed E-state index contributed by atoms with van der Waals surface area (Å²) < 4.78 is 59.7. The standard InChI is InChI=1S/C18H12F4N6O/c19-11-1-3-15(21)13(5-11)18(29,14-6-12(20)2-4-16(14)22)17(27-9-23-7-25-27)28-10-24-8-26-28/h1-10,17,29H. The predicted molar refractivity (Wildman–Crippen MR) is 90.2 cm³/mol. The second-order valence-electron chi connectivity index (χ2n) is 6.14. The van der Waals surface area contributed by atoms with Gasteiger partial charge in [0.25, 0.3) is 0 Å². The molecule has 4 rings (SSSR count). The van der Waals surface area contributed by atoms with Gasteiger partial charge in [0.2, 0.25) is 0 Å². The summed E-state index contributed by atoms with van der Waals surface area (Å²) in [6.07, 6.45) is 3.03. The summed E-state index contributed by atoms with van der Waals surface area (Å²) in [5.74, 6) is -3.90. The summed E-state index contributed by atoms with van der Waals surface area (Å²) in [5, 5.41) is 19.6. The molecular weight excluding hydrogens is 392 g/mol. The maximum atomic E-state index is 14.8. The quantitative estimate of drug-likeness (QED) is 0.517. The van der Waals surface area contributed by atoms with E-state index in [1.165, 1.54) is 0 Å². The van der Waals surface area contributed by atoms with Gasteiger partial charge in [0.1, 0.15) is 48.6 Å². The smallest absolute Gasteiger partial charge is 0.183 e. The van der Waals surface area contributed by atoms with Gasteiger partial charge < -0.3 is 5.11 Å². The Hall–Kier alpha value is -3.60. The molecule has 0 saturated carbocycles. The van der Waals surface area contributed by atoms with Gasteiger partial charge in [-0.1, -0.05) is 0 Å². The molecule has 0 radical (unpaired) electrons. The van der Waals surface area contributed by atoms with Gasteiger partial charge in [0.05, 0.1) is 0 Å². The van der Waals surface area contributed by atoms with Crippen LogP contribution in [0, 0.1) is 23.3 Å². The molecule has 2 heterocycles. The first-order valence-electron chi connectivity index (χ1n) is 8.23. The Morgan fingerprint density at radius 2 is 1.21 bits per heavy atom. The van der Waals surface area contributed by atoms with Crippen molar-refractivity contribution in [3.8, 4) is 0 Å². The molecule has 11 heteroatoms. The molecule has 2 aromatic heterocycles. The van der Waals surface area contributed by atoms with E-state index in [2.05, 4.69) is 20.2 Å². The monoisotopic (exact) mass is 404 g/mol. The van der Waals surface area contributed by atoms with Crippen LogP contribution in [0.2, 0.25) is 0 Å². The van der Waals surface area contributed by atoms with Gasteiger partial charge >= 0.3 is 0 Å². The van der Waals surface area contributed by atoms with Crippen molar-refractivity contribution in [2.75, 3.05) is 0 Å². The summed E-state index contributed by atoms with van der Waals surface area (Å²) >= 11 is 0. The van der Waals surface area contributed by atoms with Crippen molar-refractivity contribution in [3.63, 3.8) is 0 Å². The Labute approximate surface area is 160 Å². The Morgan fingerprint density at radius 1 is 0.759 bits per heavy atom. The van der Waals surface area contributed by atoms with Gasteiger partial charge in [-0.2, -0.15) is 10.2 Å². The highest BCUT2D eigenvalue weighted by Gasteiger charge is 2.48. The average molecular weight is 404 g/mol. The van der Waals surface area contributed by atoms with E-state index in [0.29, 0.717) is 12.1 Å². The van der Waals surface area contributed by atoms with Crippen LogP contribution in [0.5, 0.6) is 0 Å². The van der Waals surface area contributed by atoms with Crippen molar-refractivity contribution in [3.05, 3.63) is 96.1 Å². The largest absolute Gasteiger partial charge is 0.376 e. The summed E-state index contributed by atoms with van der Waals surface area (Å²) in [6, 6.07) is 4.60. The molecule has 0 bridgehead atoms. The molecule has 7 nitrogen and oxygen atoms in total. The highest BCUT2D eigenvalue weighted by atomic mass is 19.1. The van der Waals surface area contributed by atoms with E-state index < -0.39 is 46.2 Å². The molecule has 0 fully saturated rings. The molecular formula is C18H12F4N6O. The van der Waals surface area contributed by atoms with Crippen LogP contribution in [0.3, 0.4) is 0 Å². The molecule has 4 aromatic rings. The average Bonchev–Trinajstić information content (AvgIpc) is 3.40. The first-order chi connectivity index (χ1) is 13.9. The maximum Gasteiger partial charge on any atom is 0.183 e. The van der Waals surface area contributed by atoms with Gasteiger partial charge in [-0.3, -0.25) is 0 Å². The highest BCUT2D eigenvalue weighted by molar-refractivity contribution is 5.40. The Bertz CT molecular complexity index is 1050. The first kappa shape index (κ1) is 18.7. The van der Waals surface area contributed by atoms with E-state index in [1.54, 1.807) is 0 Å². The number of aliphatic hydroxyl groups is 1. The lowest BCUT2D eigenvalue weighted by Gasteiger charge is -2.37. The molecule has 0 amide bonds. The molecule has 0 aliphatic carbocycles. The molecule has 2 aromatic carbocycles. The molecule has 0 aliphatic rings. The maximum absolute atomic E-state index is 14.8. The fourth-order valence-electron chi connectivity index (χ4n) is 3.19. The number of rotatable bonds is 5. The molecule has 0 aliphatic heterocycles. The summed E-state index contributed by atoms with van der Waals surface area (Å²) in [7, 11) is 0. The minimum absolute atomic E-state index is 0.655. The van der Waals surface area contributed by atoms with Gasteiger partial charge in [0, 0.05) is 11.1 Å². The molecule has 0 unspecified atom stereocenters. The zero-order valence-electron chi connectivity index (χ0n) is 14.5. The first-order valence-corrected chi connectivity index (χ1v) is 8.23. The molecule has 0 atom stereocenters. The third-order valence-electron chi connectivity index (χ3n) is 4.43. The number of aromatic nitrogens is 6. The molecule has 0 spiro atoms. The number of hydrogen-bond donors (Lipinski definition) is 1. The minimum atomic E-state index is -2.69. The number of benzene rings is 2.